The van der Waals surface area contributed by atoms with E-state index in [2.05, 4.69) is 21.2 Å². The summed E-state index contributed by atoms with van der Waals surface area (Å²) in [6.07, 6.45) is 6.50. The van der Waals surface area contributed by atoms with Crippen LogP contribution in [0, 0.1) is 29.6 Å². The van der Waals surface area contributed by atoms with Crippen LogP contribution < -0.4 is 5.32 Å². The molecule has 2 bridgehead atoms. The zero-order chi connectivity index (χ0) is 11.1. The van der Waals surface area contributed by atoms with Crippen molar-refractivity contribution in [2.75, 3.05) is 11.9 Å². The second kappa shape index (κ2) is 4.32. The standard InChI is InChI=1S/C13H20BrNO/c14-5-1-2-6-15-13(16)12-10-8-3-4-9(7-8)11(10)12/h8-12H,1-7H2,(H,15,16). The Kier molecular flexibility index (Phi) is 2.99. The SMILES string of the molecule is O=C(NCCCCBr)C1C2C3CCC(C3)C12. The second-order valence-electron chi connectivity index (χ2n) is 5.70. The molecule has 3 saturated carbocycles. The summed E-state index contributed by atoms with van der Waals surface area (Å²) in [6.45, 7) is 0.871. The van der Waals surface area contributed by atoms with E-state index in [0.29, 0.717) is 11.8 Å². The van der Waals surface area contributed by atoms with Gasteiger partial charge >= 0.3 is 0 Å². The maximum absolute atomic E-state index is 12.0. The third kappa shape index (κ3) is 1.71. The summed E-state index contributed by atoms with van der Waals surface area (Å²) < 4.78 is 0. The molecule has 3 aliphatic rings. The molecule has 16 heavy (non-hydrogen) atoms. The molecule has 0 saturated heterocycles. The van der Waals surface area contributed by atoms with Gasteiger partial charge in [-0.1, -0.05) is 15.9 Å². The van der Waals surface area contributed by atoms with Crippen molar-refractivity contribution in [2.24, 2.45) is 29.6 Å². The normalized spacial score (nSPS) is 43.2. The highest BCUT2D eigenvalue weighted by molar-refractivity contribution is 9.09. The third-order valence-electron chi connectivity index (χ3n) is 4.90. The molecule has 3 fully saturated rings. The first-order chi connectivity index (χ1) is 7.83. The summed E-state index contributed by atoms with van der Waals surface area (Å²) >= 11 is 3.41. The number of unbranched alkanes of at least 4 members (excludes halogenated alkanes) is 1. The summed E-state index contributed by atoms with van der Waals surface area (Å²) in [6, 6.07) is 0. The van der Waals surface area contributed by atoms with Crippen molar-refractivity contribution >= 4 is 21.8 Å². The molecule has 0 spiro atoms. The molecule has 0 heterocycles. The Balaban J connectivity index is 1.44. The first-order valence-electron chi connectivity index (χ1n) is 6.66. The molecule has 0 aromatic rings. The van der Waals surface area contributed by atoms with Gasteiger partial charge in [-0.05, 0) is 55.8 Å². The van der Waals surface area contributed by atoms with E-state index in [0.717, 1.165) is 48.4 Å². The van der Waals surface area contributed by atoms with Crippen LogP contribution in [0.1, 0.15) is 32.1 Å². The molecule has 1 N–H and O–H groups in total. The zero-order valence-electron chi connectivity index (χ0n) is 9.62. The Bertz CT molecular complexity index is 278. The highest BCUT2D eigenvalue weighted by Gasteiger charge is 2.67. The topological polar surface area (TPSA) is 29.1 Å². The molecular formula is C13H20BrNO. The van der Waals surface area contributed by atoms with Crippen LogP contribution >= 0.6 is 15.9 Å². The van der Waals surface area contributed by atoms with Gasteiger partial charge in [0.25, 0.3) is 0 Å². The van der Waals surface area contributed by atoms with Gasteiger partial charge in [0, 0.05) is 17.8 Å². The van der Waals surface area contributed by atoms with Crippen LogP contribution in [0.25, 0.3) is 0 Å². The number of carbonyl (C=O) groups excluding carboxylic acids is 1. The summed E-state index contributed by atoms with van der Waals surface area (Å²) in [7, 11) is 0. The smallest absolute Gasteiger partial charge is 0.223 e. The number of hydrogen-bond acceptors (Lipinski definition) is 1. The Labute approximate surface area is 106 Å². The van der Waals surface area contributed by atoms with Gasteiger partial charge in [0.15, 0.2) is 0 Å². The van der Waals surface area contributed by atoms with E-state index in [1.54, 1.807) is 0 Å². The van der Waals surface area contributed by atoms with Crippen molar-refractivity contribution in [1.82, 2.24) is 5.32 Å². The molecule has 0 aromatic carbocycles. The molecule has 1 amide bonds. The minimum Gasteiger partial charge on any atom is -0.356 e. The number of halogens is 1. The molecule has 0 aliphatic heterocycles. The van der Waals surface area contributed by atoms with E-state index in [-0.39, 0.29) is 0 Å². The lowest BCUT2D eigenvalue weighted by Gasteiger charge is -2.09. The van der Waals surface area contributed by atoms with Crippen molar-refractivity contribution in [3.8, 4) is 0 Å². The number of rotatable bonds is 5. The van der Waals surface area contributed by atoms with Gasteiger partial charge in [0.2, 0.25) is 5.91 Å². The van der Waals surface area contributed by atoms with Crippen LogP contribution in [0.4, 0.5) is 0 Å². The fourth-order valence-corrected chi connectivity index (χ4v) is 4.62. The molecule has 3 heteroatoms. The maximum Gasteiger partial charge on any atom is 0.223 e. The van der Waals surface area contributed by atoms with Crippen molar-refractivity contribution in [3.05, 3.63) is 0 Å². The first kappa shape index (κ1) is 11.1. The number of hydrogen-bond donors (Lipinski definition) is 1. The maximum atomic E-state index is 12.0. The lowest BCUT2D eigenvalue weighted by atomic mass is 10.0. The largest absolute Gasteiger partial charge is 0.356 e. The molecule has 2 nitrogen and oxygen atoms in total. The van der Waals surface area contributed by atoms with Gasteiger partial charge in [-0.25, -0.2) is 0 Å². The highest BCUT2D eigenvalue weighted by Crippen LogP contribution is 2.69. The van der Waals surface area contributed by atoms with Gasteiger partial charge in [-0.15, -0.1) is 0 Å². The molecule has 3 aliphatic carbocycles. The lowest BCUT2D eigenvalue weighted by Crippen LogP contribution is -2.28. The molecular weight excluding hydrogens is 266 g/mol. The summed E-state index contributed by atoms with van der Waals surface area (Å²) in [4.78, 5) is 12.0. The van der Waals surface area contributed by atoms with E-state index in [1.165, 1.54) is 19.3 Å². The Hall–Kier alpha value is -0.0500. The number of fused-ring (bicyclic) bond motifs is 5. The van der Waals surface area contributed by atoms with E-state index in [4.69, 9.17) is 0 Å². The highest BCUT2D eigenvalue weighted by atomic mass is 79.9. The average Bonchev–Trinajstić information content (AvgIpc) is 2.74. The van der Waals surface area contributed by atoms with E-state index in [1.807, 2.05) is 0 Å². The Morgan fingerprint density at radius 2 is 1.88 bits per heavy atom. The van der Waals surface area contributed by atoms with Crippen LogP contribution in [-0.4, -0.2) is 17.8 Å². The first-order valence-corrected chi connectivity index (χ1v) is 7.78. The quantitative estimate of drug-likeness (QED) is 0.611. The summed E-state index contributed by atoms with van der Waals surface area (Å²) in [5.41, 5.74) is 0. The zero-order valence-corrected chi connectivity index (χ0v) is 11.2. The van der Waals surface area contributed by atoms with Gasteiger partial charge < -0.3 is 5.32 Å². The fraction of sp³-hybridized carbons (Fsp3) is 0.923. The predicted octanol–water partition coefficient (Wildman–Crippen LogP) is 2.57. The molecule has 4 unspecified atom stereocenters. The van der Waals surface area contributed by atoms with Crippen LogP contribution in [0.15, 0.2) is 0 Å². The van der Waals surface area contributed by atoms with E-state index >= 15 is 0 Å². The Morgan fingerprint density at radius 3 is 2.50 bits per heavy atom. The van der Waals surface area contributed by atoms with E-state index < -0.39 is 0 Å². The van der Waals surface area contributed by atoms with E-state index in [9.17, 15) is 4.79 Å². The molecule has 4 atom stereocenters. The number of nitrogens with one attached hydrogen (secondary N) is 1. The second-order valence-corrected chi connectivity index (χ2v) is 6.49. The fourth-order valence-electron chi connectivity index (χ4n) is 4.22. The van der Waals surface area contributed by atoms with Gasteiger partial charge in [0.05, 0.1) is 0 Å². The minimum absolute atomic E-state index is 0.362. The van der Waals surface area contributed by atoms with Crippen LogP contribution in [0.3, 0.4) is 0 Å². The molecule has 0 aromatic heterocycles. The molecule has 3 rings (SSSR count). The van der Waals surface area contributed by atoms with Gasteiger partial charge in [-0.3, -0.25) is 4.79 Å². The van der Waals surface area contributed by atoms with Crippen molar-refractivity contribution in [1.29, 1.82) is 0 Å². The number of alkyl halides is 1. The van der Waals surface area contributed by atoms with Gasteiger partial charge in [-0.2, -0.15) is 0 Å². The average molecular weight is 286 g/mol. The van der Waals surface area contributed by atoms with Crippen molar-refractivity contribution in [2.45, 2.75) is 32.1 Å². The van der Waals surface area contributed by atoms with Crippen LogP contribution in [0.5, 0.6) is 0 Å². The number of amides is 1. The van der Waals surface area contributed by atoms with Crippen molar-refractivity contribution in [3.63, 3.8) is 0 Å². The molecule has 0 radical (unpaired) electrons. The van der Waals surface area contributed by atoms with Crippen LogP contribution in [0.2, 0.25) is 0 Å². The summed E-state index contributed by atoms with van der Waals surface area (Å²) in [5, 5.41) is 4.16. The monoisotopic (exact) mass is 285 g/mol. The third-order valence-corrected chi connectivity index (χ3v) is 5.46. The lowest BCUT2D eigenvalue weighted by molar-refractivity contribution is -0.123. The Morgan fingerprint density at radius 1 is 1.19 bits per heavy atom. The van der Waals surface area contributed by atoms with Crippen LogP contribution in [-0.2, 0) is 4.79 Å². The predicted molar refractivity (Wildman–Crippen MR) is 67.3 cm³/mol. The van der Waals surface area contributed by atoms with Gasteiger partial charge in [0.1, 0.15) is 0 Å². The van der Waals surface area contributed by atoms with Crippen molar-refractivity contribution < 1.29 is 4.79 Å². The minimum atomic E-state index is 0.362. The number of carbonyl (C=O) groups is 1. The molecule has 90 valence electrons. The summed E-state index contributed by atoms with van der Waals surface area (Å²) in [5.74, 6) is 4.17.